The van der Waals surface area contributed by atoms with Gasteiger partial charge in [-0.3, -0.25) is 0 Å². The lowest BCUT2D eigenvalue weighted by molar-refractivity contribution is 0.186. The maximum absolute atomic E-state index is 8.28. The van der Waals surface area contributed by atoms with E-state index in [0.29, 0.717) is 5.69 Å². The SMILES string of the molecule is Cc1cccc(C2=CC=CC(C)(c3cccc(C)c3)C2C2=CC=CC(C)(C3C(c4cccc(C)c4)=CC=CC3(C)c3cccc(C)c3)C2c2c(-c3ccc(N)c(-c4ccccc4)c3-c3ccccc3)c(-c3ccccc3)c(-c3ccccc3)c(N(c3ccccc3)c3ccccc3)c2C2C(C3C(c4cccc(C)c4)=CC=CC3(C)c3cccc(C)c3)=CC=CC2(C)C2C(c3cccc(C)c3)=CC=CC2(C)c2cccc(C)c2)c1. The van der Waals surface area contributed by atoms with Crippen LogP contribution in [0.5, 0.6) is 0 Å². The molecule has 6 aliphatic carbocycles. The van der Waals surface area contributed by atoms with Gasteiger partial charge in [0, 0.05) is 96.2 Å². The van der Waals surface area contributed by atoms with Gasteiger partial charge in [0.15, 0.2) is 0 Å². The second-order valence-electron chi connectivity index (χ2n) is 44.1. The zero-order valence-corrected chi connectivity index (χ0v) is 87.8. The summed E-state index contributed by atoms with van der Waals surface area (Å²) >= 11 is 0. The van der Waals surface area contributed by atoms with E-state index in [1.165, 1.54) is 134 Å². The fourth-order valence-electron chi connectivity index (χ4n) is 27.5. The summed E-state index contributed by atoms with van der Waals surface area (Å²) in [7, 11) is 0. The van der Waals surface area contributed by atoms with E-state index in [-0.39, 0.29) is 0 Å². The predicted molar refractivity (Wildman–Crippen MR) is 630 cm³/mol. The average Bonchev–Trinajstić information content (AvgIpc) is 0.668. The third-order valence-electron chi connectivity index (χ3n) is 33.9. The van der Waals surface area contributed by atoms with Crippen LogP contribution in [0.1, 0.15) is 154 Å². The Hall–Kier alpha value is -16.0. The molecule has 2 nitrogen and oxygen atoms in total. The number of benzene rings is 16. The van der Waals surface area contributed by atoms with Crippen LogP contribution in [0, 0.1) is 89.9 Å². The van der Waals surface area contributed by atoms with Gasteiger partial charge in [-0.15, -0.1) is 0 Å². The molecule has 2 heteroatoms. The van der Waals surface area contributed by atoms with E-state index in [1.807, 2.05) is 0 Å². The quantitative estimate of drug-likeness (QED) is 0.0685. The lowest BCUT2D eigenvalue weighted by Gasteiger charge is -2.58. The monoisotopic (exact) mass is 1910 g/mol. The summed E-state index contributed by atoms with van der Waals surface area (Å²) in [6.07, 6.45) is 46.2. The number of hydrogen-bond acceptors (Lipinski definition) is 2. The minimum atomic E-state index is -1.07. The highest BCUT2D eigenvalue weighted by Gasteiger charge is 2.62. The van der Waals surface area contributed by atoms with E-state index in [9.17, 15) is 0 Å². The van der Waals surface area contributed by atoms with E-state index < -0.39 is 68.0 Å². The molecule has 6 aliphatic rings. The van der Waals surface area contributed by atoms with E-state index >= 15 is 0 Å². The predicted octanol–water partition coefficient (Wildman–Crippen LogP) is 37.6. The number of nitrogen functional groups attached to an aromatic ring is 1. The molecule has 0 aromatic heterocycles. The molecule has 0 saturated heterocycles. The normalized spacial score (nSPS) is 23.3. The van der Waals surface area contributed by atoms with Crippen LogP contribution >= 0.6 is 0 Å². The van der Waals surface area contributed by atoms with Crippen molar-refractivity contribution < 1.29 is 0 Å². The first-order chi connectivity index (χ1) is 71.8. The van der Waals surface area contributed by atoms with Crippen molar-refractivity contribution in [2.24, 2.45) is 34.5 Å². The number of hydrogen-bond donors (Lipinski definition) is 1. The molecule has 12 unspecified atom stereocenters. The van der Waals surface area contributed by atoms with Gasteiger partial charge in [-0.25, -0.2) is 0 Å². The second kappa shape index (κ2) is 39.4. The van der Waals surface area contributed by atoms with Crippen molar-refractivity contribution in [3.05, 3.63) is 609 Å². The molecule has 0 amide bonds. The van der Waals surface area contributed by atoms with E-state index in [0.717, 1.165) is 72.7 Å². The molecule has 726 valence electrons. The number of nitrogens with zero attached hydrogens (tertiary/aromatic N) is 1. The first kappa shape index (κ1) is 96.8. The highest BCUT2D eigenvalue weighted by atomic mass is 15.2. The zero-order chi connectivity index (χ0) is 102. The topological polar surface area (TPSA) is 29.3 Å². The van der Waals surface area contributed by atoms with E-state index in [4.69, 9.17) is 5.73 Å². The van der Waals surface area contributed by atoms with Crippen LogP contribution < -0.4 is 10.6 Å². The summed E-state index contributed by atoms with van der Waals surface area (Å²) in [5.41, 5.74) is 46.6. The first-order valence-electron chi connectivity index (χ1n) is 53.1. The van der Waals surface area contributed by atoms with Gasteiger partial charge in [0.25, 0.3) is 0 Å². The Balaban J connectivity index is 1.09. The standard InChI is InChI=1S/C146H132N2/c1-97-47-33-63-109(89-97)119-75-41-83-141(9,113-67-37-51-101(5)93-113)134(119)124-79-45-87-145(13,139-121(111-65-35-49-99(3)91-111)77-43-85-143(139,11)115-69-39-53-103(7)95-115)136(124)132-131(123-81-82-126(147)128(106-57-23-16-24-58-106)127(123)105-55-21-15-22-56-105)129(107-59-25-17-26-60-107)130(108-61-27-18-28-62-108)138(148(117-71-29-19-30-72-117)118-73-31-20-32-74-118)133(132)137-125(135-120(110-64-34-48-98(2)90-110)76-42-84-142(135,10)114-68-38-52-102(6)94-114)80-46-88-146(137,14)140-122(112-66-36-50-100(4)92-112)78-44-86-144(140,12)116-70-40-54-104(8)96-116/h15-96,134-137,139-140H,147H2,1-14H3. The zero-order valence-electron chi connectivity index (χ0n) is 87.8. The summed E-state index contributed by atoms with van der Waals surface area (Å²) in [5, 5.41) is 0. The van der Waals surface area contributed by atoms with Crippen LogP contribution in [0.3, 0.4) is 0 Å². The molecular formula is C146H132N2. The number of aryl methyl sites for hydroxylation is 8. The van der Waals surface area contributed by atoms with Gasteiger partial charge in [0.05, 0.1) is 5.69 Å². The van der Waals surface area contributed by atoms with Gasteiger partial charge in [-0.2, -0.15) is 0 Å². The molecule has 12 atom stereocenters. The third kappa shape index (κ3) is 17.2. The molecule has 0 spiro atoms. The second-order valence-corrected chi connectivity index (χ2v) is 44.1. The van der Waals surface area contributed by atoms with E-state index in [2.05, 4.69) is 599 Å². The smallest absolute Gasteiger partial charge is 0.0588 e. The van der Waals surface area contributed by atoms with Crippen molar-refractivity contribution in [1.82, 2.24) is 0 Å². The van der Waals surface area contributed by atoms with Crippen molar-refractivity contribution in [3.63, 3.8) is 0 Å². The third-order valence-corrected chi connectivity index (χ3v) is 33.9. The molecule has 0 radical (unpaired) electrons. The molecule has 22 rings (SSSR count). The van der Waals surface area contributed by atoms with Gasteiger partial charge in [0.1, 0.15) is 0 Å². The molecule has 0 heterocycles. The van der Waals surface area contributed by atoms with Gasteiger partial charge in [0.2, 0.25) is 0 Å². The van der Waals surface area contributed by atoms with Gasteiger partial charge >= 0.3 is 0 Å². The fourth-order valence-corrected chi connectivity index (χ4v) is 27.5. The Kier molecular flexibility index (Phi) is 25.8. The summed E-state index contributed by atoms with van der Waals surface area (Å²) in [4.78, 5) is 2.77. The van der Waals surface area contributed by atoms with E-state index in [1.54, 1.807) is 0 Å². The first-order valence-corrected chi connectivity index (χ1v) is 53.1. The summed E-state index contributed by atoms with van der Waals surface area (Å²) < 4.78 is 0. The highest BCUT2D eigenvalue weighted by molar-refractivity contribution is 6.11. The number of para-hydroxylation sites is 2. The summed E-state index contributed by atoms with van der Waals surface area (Å²) in [5.74, 6) is -3.04. The van der Waals surface area contributed by atoms with Crippen LogP contribution in [-0.2, 0) is 21.7 Å². The molecule has 0 aliphatic heterocycles. The maximum atomic E-state index is 8.28. The van der Waals surface area contributed by atoms with Crippen LogP contribution in [0.25, 0.3) is 77.9 Å². The van der Waals surface area contributed by atoms with Crippen molar-refractivity contribution in [3.8, 4) is 55.6 Å². The molecule has 0 bridgehead atoms. The molecule has 16 aromatic carbocycles. The van der Waals surface area contributed by atoms with Crippen molar-refractivity contribution in [2.45, 2.75) is 130 Å². The molecule has 148 heavy (non-hydrogen) atoms. The van der Waals surface area contributed by atoms with Crippen LogP contribution in [0.4, 0.5) is 22.7 Å². The summed E-state index contributed by atoms with van der Waals surface area (Å²) in [6.45, 7) is 34.2. The van der Waals surface area contributed by atoms with Crippen molar-refractivity contribution >= 4 is 45.0 Å². The Morgan fingerprint density at radius 2 is 0.493 bits per heavy atom. The minimum absolute atomic E-state index is 0.393. The Labute approximate surface area is 878 Å². The molecule has 2 N–H and O–H groups in total. The lowest BCUT2D eigenvalue weighted by Crippen LogP contribution is -2.50. The minimum Gasteiger partial charge on any atom is -0.398 e. The average molecular weight is 1910 g/mol. The van der Waals surface area contributed by atoms with Crippen LogP contribution in [0.15, 0.2) is 509 Å². The Morgan fingerprint density at radius 3 is 0.845 bits per heavy atom. The fraction of sp³-hybridized carbons (Fsp3) is 0.178. The van der Waals surface area contributed by atoms with Crippen LogP contribution in [0.2, 0.25) is 0 Å². The van der Waals surface area contributed by atoms with Crippen LogP contribution in [-0.4, -0.2) is 0 Å². The molecule has 0 fully saturated rings. The summed E-state index contributed by atoms with van der Waals surface area (Å²) in [6, 6.07) is 150. The van der Waals surface area contributed by atoms with Gasteiger partial charge in [-0.05, 0) is 208 Å². The maximum Gasteiger partial charge on any atom is 0.0588 e. The molecular weight excluding hydrogens is 1780 g/mol. The van der Waals surface area contributed by atoms with Gasteiger partial charge in [-0.1, -0.05) is 564 Å². The Morgan fingerprint density at radius 1 is 0.216 bits per heavy atom. The number of allylic oxidation sites excluding steroid dienone is 24. The lowest BCUT2D eigenvalue weighted by atomic mass is 9.44. The molecule has 16 aromatic rings. The van der Waals surface area contributed by atoms with Gasteiger partial charge < -0.3 is 10.6 Å². The number of anilines is 4. The largest absolute Gasteiger partial charge is 0.398 e. The highest BCUT2D eigenvalue weighted by Crippen LogP contribution is 2.74. The van der Waals surface area contributed by atoms with Crippen molar-refractivity contribution in [1.29, 1.82) is 0 Å². The Bertz CT molecular complexity index is 8190. The number of nitrogens with two attached hydrogens (primary N) is 1. The number of rotatable bonds is 22. The van der Waals surface area contributed by atoms with Crippen molar-refractivity contribution in [2.75, 3.05) is 10.6 Å². The molecule has 0 saturated carbocycles.